The number of carbonyl (C=O) groups is 1. The molecule has 1 fully saturated rings. The van der Waals surface area contributed by atoms with Crippen LogP contribution in [-0.4, -0.2) is 40.1 Å². The Morgan fingerprint density at radius 2 is 1.51 bits per heavy atom. The van der Waals surface area contributed by atoms with Crippen LogP contribution in [0.5, 0.6) is 0 Å². The van der Waals surface area contributed by atoms with Crippen LogP contribution in [0.4, 0.5) is 11.4 Å². The molecule has 1 aliphatic heterocycles. The second kappa shape index (κ2) is 9.98. The number of anilines is 2. The number of hydrogen-bond donors (Lipinski definition) is 2. The van der Waals surface area contributed by atoms with Crippen molar-refractivity contribution in [1.29, 1.82) is 0 Å². The SMILES string of the molecule is Cc1cccc(NS(=O)(=O)c2ccc(NC(=O)c3cc(S(=O)(=O)N4CCCC4)ccc3Cl)cc2)c1. The molecule has 11 heteroatoms. The molecule has 3 aromatic rings. The van der Waals surface area contributed by atoms with E-state index in [1.165, 1.54) is 46.8 Å². The van der Waals surface area contributed by atoms with E-state index in [0.717, 1.165) is 18.4 Å². The number of amides is 1. The van der Waals surface area contributed by atoms with Crippen LogP contribution < -0.4 is 10.0 Å². The van der Waals surface area contributed by atoms with Crippen molar-refractivity contribution in [3.63, 3.8) is 0 Å². The Labute approximate surface area is 210 Å². The zero-order valence-corrected chi connectivity index (χ0v) is 21.3. The van der Waals surface area contributed by atoms with Crippen LogP contribution in [0.3, 0.4) is 0 Å². The number of carbonyl (C=O) groups excluding carboxylic acids is 1. The predicted molar refractivity (Wildman–Crippen MR) is 136 cm³/mol. The molecule has 0 saturated carbocycles. The number of halogens is 1. The van der Waals surface area contributed by atoms with Crippen LogP contribution in [0.2, 0.25) is 5.02 Å². The molecule has 0 unspecified atom stereocenters. The van der Waals surface area contributed by atoms with Crippen LogP contribution >= 0.6 is 11.6 Å². The average Bonchev–Trinajstić information content (AvgIpc) is 3.35. The lowest BCUT2D eigenvalue weighted by Crippen LogP contribution is -2.28. The van der Waals surface area contributed by atoms with E-state index in [9.17, 15) is 21.6 Å². The zero-order valence-electron chi connectivity index (χ0n) is 18.9. The Kier molecular flexibility index (Phi) is 7.18. The summed E-state index contributed by atoms with van der Waals surface area (Å²) in [5.74, 6) is -0.609. The molecule has 0 atom stereocenters. The Hall–Kier alpha value is -2.92. The Bertz CT molecular complexity index is 1470. The van der Waals surface area contributed by atoms with Crippen LogP contribution in [0, 0.1) is 6.92 Å². The first-order valence-corrected chi connectivity index (χ1v) is 14.2. The van der Waals surface area contributed by atoms with Crippen molar-refractivity contribution in [1.82, 2.24) is 4.31 Å². The van der Waals surface area contributed by atoms with E-state index in [2.05, 4.69) is 10.0 Å². The number of nitrogens with one attached hydrogen (secondary N) is 2. The number of sulfonamides is 2. The van der Waals surface area contributed by atoms with Crippen molar-refractivity contribution < 1.29 is 21.6 Å². The second-order valence-electron chi connectivity index (χ2n) is 8.21. The topological polar surface area (TPSA) is 113 Å². The van der Waals surface area contributed by atoms with Crippen LogP contribution in [-0.2, 0) is 20.0 Å². The van der Waals surface area contributed by atoms with Crippen LogP contribution in [0.15, 0.2) is 76.5 Å². The molecular formula is C24H24ClN3O5S2. The standard InChI is InChI=1S/C24H24ClN3O5S2/c1-17-5-4-6-19(15-17)27-34(30,31)20-9-7-18(8-10-20)26-24(29)22-16-21(11-12-23(22)25)35(32,33)28-13-2-3-14-28/h4-12,15-16,27H,2-3,13-14H2,1H3,(H,26,29). The third-order valence-corrected chi connectivity index (χ3v) is 9.20. The molecule has 1 amide bonds. The summed E-state index contributed by atoms with van der Waals surface area (Å²) >= 11 is 6.18. The minimum absolute atomic E-state index is 0.00221. The van der Waals surface area contributed by atoms with Gasteiger partial charge in [0.15, 0.2) is 0 Å². The van der Waals surface area contributed by atoms with E-state index in [4.69, 9.17) is 11.6 Å². The van der Waals surface area contributed by atoms with Crippen molar-refractivity contribution in [2.75, 3.05) is 23.1 Å². The molecule has 1 saturated heterocycles. The van der Waals surface area contributed by atoms with E-state index in [-0.39, 0.29) is 20.4 Å². The summed E-state index contributed by atoms with van der Waals surface area (Å²) in [7, 11) is -7.53. The monoisotopic (exact) mass is 533 g/mol. The Balaban J connectivity index is 1.50. The van der Waals surface area contributed by atoms with Crippen molar-refractivity contribution in [3.05, 3.63) is 82.9 Å². The van der Waals surface area contributed by atoms with Gasteiger partial charge in [-0.1, -0.05) is 23.7 Å². The highest BCUT2D eigenvalue weighted by Crippen LogP contribution is 2.26. The van der Waals surface area contributed by atoms with Crippen LogP contribution in [0.25, 0.3) is 0 Å². The van der Waals surface area contributed by atoms with E-state index < -0.39 is 26.0 Å². The van der Waals surface area contributed by atoms with Gasteiger partial charge in [-0.3, -0.25) is 9.52 Å². The first-order chi connectivity index (χ1) is 16.6. The third kappa shape index (κ3) is 5.67. The fraction of sp³-hybridized carbons (Fsp3) is 0.208. The maximum Gasteiger partial charge on any atom is 0.261 e. The van der Waals surface area contributed by atoms with E-state index in [0.29, 0.717) is 24.5 Å². The third-order valence-electron chi connectivity index (χ3n) is 5.58. The number of aryl methyl sites for hydroxylation is 1. The van der Waals surface area contributed by atoms with Gasteiger partial charge in [-0.05, 0) is 79.9 Å². The minimum atomic E-state index is -3.82. The number of benzene rings is 3. The van der Waals surface area contributed by atoms with Gasteiger partial charge in [-0.2, -0.15) is 4.31 Å². The highest BCUT2D eigenvalue weighted by Gasteiger charge is 2.28. The molecule has 0 aliphatic carbocycles. The zero-order chi connectivity index (χ0) is 25.2. The lowest BCUT2D eigenvalue weighted by atomic mass is 10.2. The molecule has 0 aromatic heterocycles. The molecule has 0 spiro atoms. The van der Waals surface area contributed by atoms with Crippen LogP contribution in [0.1, 0.15) is 28.8 Å². The number of hydrogen-bond acceptors (Lipinski definition) is 5. The van der Waals surface area contributed by atoms with E-state index in [1.54, 1.807) is 18.2 Å². The van der Waals surface area contributed by atoms with Gasteiger partial charge in [-0.15, -0.1) is 0 Å². The molecule has 1 heterocycles. The van der Waals surface area contributed by atoms with Crippen molar-refractivity contribution in [2.45, 2.75) is 29.6 Å². The maximum atomic E-state index is 12.9. The molecule has 0 radical (unpaired) electrons. The quantitative estimate of drug-likeness (QED) is 0.465. The van der Waals surface area contributed by atoms with Gasteiger partial charge in [0.25, 0.3) is 15.9 Å². The smallest absolute Gasteiger partial charge is 0.261 e. The van der Waals surface area contributed by atoms with Gasteiger partial charge in [0.2, 0.25) is 10.0 Å². The summed E-state index contributed by atoms with van der Waals surface area (Å²) in [6, 6.07) is 16.6. The number of rotatable bonds is 7. The Morgan fingerprint density at radius 1 is 0.857 bits per heavy atom. The number of nitrogens with zero attached hydrogens (tertiary/aromatic N) is 1. The highest BCUT2D eigenvalue weighted by molar-refractivity contribution is 7.92. The van der Waals surface area contributed by atoms with Gasteiger partial charge in [0.05, 0.1) is 20.4 Å². The molecule has 8 nitrogen and oxygen atoms in total. The lowest BCUT2D eigenvalue weighted by molar-refractivity contribution is 0.102. The fourth-order valence-corrected chi connectivity index (χ4v) is 6.55. The summed E-state index contributed by atoms with van der Waals surface area (Å²) in [6.45, 7) is 2.75. The highest BCUT2D eigenvalue weighted by atomic mass is 35.5. The van der Waals surface area contributed by atoms with E-state index >= 15 is 0 Å². The van der Waals surface area contributed by atoms with Gasteiger partial charge < -0.3 is 5.32 Å². The van der Waals surface area contributed by atoms with E-state index in [1.807, 2.05) is 13.0 Å². The fourth-order valence-electron chi connectivity index (χ4n) is 3.75. The summed E-state index contributed by atoms with van der Waals surface area (Å²) in [4.78, 5) is 12.9. The second-order valence-corrected chi connectivity index (χ2v) is 12.2. The first-order valence-electron chi connectivity index (χ1n) is 10.9. The molecule has 0 bridgehead atoms. The van der Waals surface area contributed by atoms with Crippen molar-refractivity contribution in [3.8, 4) is 0 Å². The average molecular weight is 534 g/mol. The summed E-state index contributed by atoms with van der Waals surface area (Å²) in [5, 5.41) is 2.74. The molecular weight excluding hydrogens is 510 g/mol. The molecule has 35 heavy (non-hydrogen) atoms. The lowest BCUT2D eigenvalue weighted by Gasteiger charge is -2.16. The van der Waals surface area contributed by atoms with Crippen molar-refractivity contribution >= 4 is 48.9 Å². The normalized spacial score (nSPS) is 14.6. The van der Waals surface area contributed by atoms with Gasteiger partial charge in [0.1, 0.15) is 0 Å². The maximum absolute atomic E-state index is 12.9. The van der Waals surface area contributed by atoms with Gasteiger partial charge >= 0.3 is 0 Å². The molecule has 184 valence electrons. The largest absolute Gasteiger partial charge is 0.322 e. The van der Waals surface area contributed by atoms with Gasteiger partial charge in [0, 0.05) is 24.5 Å². The molecule has 1 aliphatic rings. The minimum Gasteiger partial charge on any atom is -0.322 e. The molecule has 4 rings (SSSR count). The summed E-state index contributed by atoms with van der Waals surface area (Å²) in [5.41, 5.74) is 1.69. The first kappa shape index (κ1) is 25.2. The van der Waals surface area contributed by atoms with Crippen molar-refractivity contribution in [2.24, 2.45) is 0 Å². The summed E-state index contributed by atoms with van der Waals surface area (Å²) < 4.78 is 55.0. The predicted octanol–water partition coefficient (Wildman–Crippen LogP) is 4.49. The Morgan fingerprint density at radius 3 is 2.17 bits per heavy atom. The molecule has 3 aromatic carbocycles. The summed E-state index contributed by atoms with van der Waals surface area (Å²) in [6.07, 6.45) is 1.60. The molecule has 2 N–H and O–H groups in total. The van der Waals surface area contributed by atoms with Gasteiger partial charge in [-0.25, -0.2) is 16.8 Å².